The Hall–Kier alpha value is -2.71. The van der Waals surface area contributed by atoms with Crippen LogP contribution in [-0.2, 0) is 0 Å². The van der Waals surface area contributed by atoms with Crippen molar-refractivity contribution in [3.8, 4) is 17.0 Å². The minimum Gasteiger partial charge on any atom is -0.481 e. The Kier molecular flexibility index (Phi) is 3.98. The van der Waals surface area contributed by atoms with Crippen LogP contribution in [0.3, 0.4) is 0 Å². The highest BCUT2D eigenvalue weighted by molar-refractivity contribution is 5.97. The van der Waals surface area contributed by atoms with Crippen LogP contribution < -0.4 is 4.74 Å². The quantitative estimate of drug-likeness (QED) is 0.536. The molecule has 0 saturated heterocycles. The molecule has 1 aromatic carbocycles. The van der Waals surface area contributed by atoms with Crippen molar-refractivity contribution >= 4 is 5.97 Å². The number of carbonyl (C=O) groups is 1. The summed E-state index contributed by atoms with van der Waals surface area (Å²) < 4.78 is 72.0. The number of nitrogens with zero attached hydrogens (tertiary/aromatic N) is 1. The fourth-order valence-corrected chi connectivity index (χ4v) is 1.84. The Labute approximate surface area is 119 Å². The lowest BCUT2D eigenvalue weighted by atomic mass is 9.99. The van der Waals surface area contributed by atoms with Gasteiger partial charge >= 0.3 is 5.97 Å². The van der Waals surface area contributed by atoms with Crippen molar-refractivity contribution in [3.63, 3.8) is 0 Å². The molecule has 0 amide bonds. The van der Waals surface area contributed by atoms with Gasteiger partial charge in [-0.05, 0) is 6.07 Å². The number of aromatic carboxylic acids is 1. The van der Waals surface area contributed by atoms with Crippen molar-refractivity contribution in [3.05, 3.63) is 46.9 Å². The lowest BCUT2D eigenvalue weighted by Crippen LogP contribution is -2.09. The fraction of sp³-hybridized carbons (Fsp3) is 0.0769. The molecular weight excluding hydrogens is 313 g/mol. The molecule has 116 valence electrons. The van der Waals surface area contributed by atoms with Crippen molar-refractivity contribution in [2.45, 2.75) is 0 Å². The van der Waals surface area contributed by atoms with Gasteiger partial charge in [-0.15, -0.1) is 0 Å². The Bertz CT molecular complexity index is 750. The third kappa shape index (κ3) is 2.24. The van der Waals surface area contributed by atoms with Gasteiger partial charge in [0.05, 0.1) is 23.8 Å². The molecule has 0 atom stereocenters. The third-order valence-corrected chi connectivity index (χ3v) is 2.80. The lowest BCUT2D eigenvalue weighted by Gasteiger charge is -2.13. The van der Waals surface area contributed by atoms with E-state index in [1.54, 1.807) is 0 Å². The summed E-state index contributed by atoms with van der Waals surface area (Å²) in [5.74, 6) is -13.3. The number of aromatic nitrogens is 1. The standard InChI is InChI=1S/C13H6F5NO3/c1-22-12-5(4(13(20)21)2-3-19-12)6-7(14)9(16)11(18)10(17)8(6)15/h2-3H,1H3,(H,20,21). The second-order valence-electron chi connectivity index (χ2n) is 3.99. The minimum absolute atomic E-state index is 0.594. The predicted molar refractivity (Wildman–Crippen MR) is 63.0 cm³/mol. The summed E-state index contributed by atoms with van der Waals surface area (Å²) in [4.78, 5) is 14.7. The topological polar surface area (TPSA) is 59.4 Å². The van der Waals surface area contributed by atoms with Crippen molar-refractivity contribution in [1.82, 2.24) is 4.98 Å². The normalized spacial score (nSPS) is 10.6. The Morgan fingerprint density at radius 2 is 1.50 bits per heavy atom. The van der Waals surface area contributed by atoms with Gasteiger partial charge in [-0.25, -0.2) is 31.7 Å². The number of hydrogen-bond acceptors (Lipinski definition) is 3. The third-order valence-electron chi connectivity index (χ3n) is 2.80. The molecule has 22 heavy (non-hydrogen) atoms. The van der Waals surface area contributed by atoms with Crippen LogP contribution in [0, 0.1) is 29.1 Å². The molecule has 1 aromatic heterocycles. The largest absolute Gasteiger partial charge is 0.481 e. The number of carboxylic acid groups (broad SMARTS) is 1. The molecule has 0 aliphatic heterocycles. The summed E-state index contributed by atoms with van der Waals surface area (Å²) in [7, 11) is 1.00. The van der Waals surface area contributed by atoms with E-state index in [1.807, 2.05) is 0 Å². The van der Waals surface area contributed by atoms with Gasteiger partial charge in [0.15, 0.2) is 23.3 Å². The van der Waals surface area contributed by atoms with Crippen LogP contribution in [0.1, 0.15) is 10.4 Å². The maximum Gasteiger partial charge on any atom is 0.336 e. The summed E-state index contributed by atoms with van der Waals surface area (Å²) in [5, 5.41) is 9.03. The molecule has 0 bridgehead atoms. The monoisotopic (exact) mass is 319 g/mol. The van der Waals surface area contributed by atoms with Gasteiger partial charge in [-0.1, -0.05) is 0 Å². The van der Waals surface area contributed by atoms with Crippen molar-refractivity contribution in [2.75, 3.05) is 7.11 Å². The Morgan fingerprint density at radius 3 is 1.95 bits per heavy atom. The van der Waals surface area contributed by atoms with Crippen molar-refractivity contribution in [2.24, 2.45) is 0 Å². The SMILES string of the molecule is COc1nccc(C(=O)O)c1-c1c(F)c(F)c(F)c(F)c1F. The zero-order valence-corrected chi connectivity index (χ0v) is 10.8. The van der Waals surface area contributed by atoms with Gasteiger partial charge in [-0.2, -0.15) is 0 Å². The Morgan fingerprint density at radius 1 is 1.00 bits per heavy atom. The maximum atomic E-state index is 13.9. The van der Waals surface area contributed by atoms with E-state index >= 15 is 0 Å². The molecule has 2 rings (SSSR count). The second kappa shape index (κ2) is 5.58. The molecule has 2 aromatic rings. The molecule has 1 N–H and O–H groups in total. The average Bonchev–Trinajstić information content (AvgIpc) is 2.51. The molecule has 0 aliphatic rings. The van der Waals surface area contributed by atoms with E-state index in [9.17, 15) is 26.7 Å². The summed E-state index contributed by atoms with van der Waals surface area (Å²) in [5.41, 5.74) is -2.99. The number of methoxy groups -OCH3 is 1. The van der Waals surface area contributed by atoms with E-state index < -0.39 is 57.6 Å². The number of pyridine rings is 1. The van der Waals surface area contributed by atoms with E-state index in [4.69, 9.17) is 5.11 Å². The van der Waals surface area contributed by atoms with Crippen molar-refractivity contribution in [1.29, 1.82) is 0 Å². The predicted octanol–water partition coefficient (Wildman–Crippen LogP) is 3.15. The van der Waals surface area contributed by atoms with Gasteiger partial charge in [0, 0.05) is 6.20 Å². The number of rotatable bonds is 3. The van der Waals surface area contributed by atoms with Crippen LogP contribution in [-0.4, -0.2) is 23.2 Å². The molecule has 0 saturated carbocycles. The highest BCUT2D eigenvalue weighted by atomic mass is 19.2. The molecule has 1 heterocycles. The van der Waals surface area contributed by atoms with E-state index in [0.29, 0.717) is 0 Å². The molecule has 0 aliphatic carbocycles. The smallest absolute Gasteiger partial charge is 0.336 e. The molecule has 0 unspecified atom stereocenters. The summed E-state index contributed by atoms with van der Waals surface area (Å²) in [6.07, 6.45) is 0.956. The molecule has 0 radical (unpaired) electrons. The number of ether oxygens (including phenoxy) is 1. The van der Waals surface area contributed by atoms with Crippen molar-refractivity contribution < 1.29 is 36.6 Å². The first-order chi connectivity index (χ1) is 10.3. The average molecular weight is 319 g/mol. The van der Waals surface area contributed by atoms with E-state index in [2.05, 4.69) is 9.72 Å². The van der Waals surface area contributed by atoms with Gasteiger partial charge in [-0.3, -0.25) is 0 Å². The highest BCUT2D eigenvalue weighted by Gasteiger charge is 2.31. The Balaban J connectivity index is 2.98. The zero-order valence-electron chi connectivity index (χ0n) is 10.8. The van der Waals surface area contributed by atoms with Crippen LogP contribution >= 0.6 is 0 Å². The number of carboxylic acids is 1. The summed E-state index contributed by atoms with van der Waals surface area (Å²) in [6.45, 7) is 0. The van der Waals surface area contributed by atoms with Crippen LogP contribution in [0.15, 0.2) is 12.3 Å². The van der Waals surface area contributed by atoms with Gasteiger partial charge in [0.2, 0.25) is 11.7 Å². The molecule has 0 fully saturated rings. The molecular formula is C13H6F5NO3. The first-order valence-electron chi connectivity index (χ1n) is 5.59. The summed E-state index contributed by atoms with van der Waals surface area (Å²) in [6, 6.07) is 0.845. The molecule has 0 spiro atoms. The van der Waals surface area contributed by atoms with E-state index in [0.717, 1.165) is 19.4 Å². The minimum atomic E-state index is -2.35. The zero-order chi connectivity index (χ0) is 16.6. The van der Waals surface area contributed by atoms with E-state index in [1.165, 1.54) is 0 Å². The fourth-order valence-electron chi connectivity index (χ4n) is 1.84. The van der Waals surface area contributed by atoms with Crippen LogP contribution in [0.5, 0.6) is 5.88 Å². The second-order valence-corrected chi connectivity index (χ2v) is 3.99. The molecule has 9 heteroatoms. The maximum absolute atomic E-state index is 13.9. The van der Waals surface area contributed by atoms with Gasteiger partial charge in [0.1, 0.15) is 0 Å². The first kappa shape index (κ1) is 15.7. The number of halogens is 5. The van der Waals surface area contributed by atoms with E-state index in [-0.39, 0.29) is 0 Å². The first-order valence-corrected chi connectivity index (χ1v) is 5.59. The molecule has 4 nitrogen and oxygen atoms in total. The van der Waals surface area contributed by atoms with Gasteiger partial charge in [0.25, 0.3) is 0 Å². The van der Waals surface area contributed by atoms with Crippen LogP contribution in [0.4, 0.5) is 22.0 Å². The summed E-state index contributed by atoms with van der Waals surface area (Å²) >= 11 is 0. The lowest BCUT2D eigenvalue weighted by molar-refractivity contribution is 0.0697. The van der Waals surface area contributed by atoms with Crippen LogP contribution in [0.25, 0.3) is 11.1 Å². The number of hydrogen-bond donors (Lipinski definition) is 1. The highest BCUT2D eigenvalue weighted by Crippen LogP contribution is 2.38. The van der Waals surface area contributed by atoms with Crippen LogP contribution in [0.2, 0.25) is 0 Å². The number of benzene rings is 1. The van der Waals surface area contributed by atoms with Gasteiger partial charge < -0.3 is 9.84 Å².